The number of nitrogens with one attached hydrogen (secondary N) is 1. The number of alkyl halides is 3. The molecule has 0 saturated carbocycles. The van der Waals surface area contributed by atoms with Crippen LogP contribution < -0.4 is 5.32 Å². The van der Waals surface area contributed by atoms with Crippen molar-refractivity contribution in [2.24, 2.45) is 0 Å². The molecule has 11 heteroatoms. The van der Waals surface area contributed by atoms with Crippen LogP contribution in [0.1, 0.15) is 31.5 Å². The maximum absolute atomic E-state index is 12.8. The van der Waals surface area contributed by atoms with Gasteiger partial charge in [0.1, 0.15) is 12.1 Å². The molecule has 0 aromatic carbocycles. The Morgan fingerprint density at radius 1 is 1.17 bits per heavy atom. The van der Waals surface area contributed by atoms with Crippen molar-refractivity contribution < 1.29 is 13.2 Å². The van der Waals surface area contributed by atoms with Crippen molar-refractivity contribution in [3.8, 4) is 0 Å². The van der Waals surface area contributed by atoms with Gasteiger partial charge >= 0.3 is 6.18 Å². The molecule has 3 heterocycles. The molecule has 3 aromatic heterocycles. The van der Waals surface area contributed by atoms with Crippen LogP contribution in [0.15, 0.2) is 18.5 Å². The molecule has 0 saturated heterocycles. The molecule has 3 rings (SSSR count). The summed E-state index contributed by atoms with van der Waals surface area (Å²) in [5, 5.41) is 21.2. The van der Waals surface area contributed by atoms with Crippen molar-refractivity contribution in [3.63, 3.8) is 0 Å². The fourth-order valence-electron chi connectivity index (χ4n) is 2.05. The highest BCUT2D eigenvalue weighted by Gasteiger charge is 2.37. The molecular formula is C12H13F3N8. The van der Waals surface area contributed by atoms with E-state index in [4.69, 9.17) is 0 Å². The summed E-state index contributed by atoms with van der Waals surface area (Å²) < 4.78 is 41.0. The standard InChI is InChI=1S/C12H13F3N8/c1-7(2)22-6-17-18-10(22)5-16-8-3-4-9-19-20-11(12(13,14)15)23(9)21-8/h3-4,6-7H,5H2,1-2H3,(H,16,21). The number of hydrogen-bond acceptors (Lipinski definition) is 6. The minimum absolute atomic E-state index is 0.0215. The third-order valence-corrected chi connectivity index (χ3v) is 3.15. The van der Waals surface area contributed by atoms with Crippen LogP contribution in [0.5, 0.6) is 0 Å². The summed E-state index contributed by atoms with van der Waals surface area (Å²) in [5.41, 5.74) is 0.0215. The summed E-state index contributed by atoms with van der Waals surface area (Å²) in [6.45, 7) is 4.23. The lowest BCUT2D eigenvalue weighted by Crippen LogP contribution is -2.14. The van der Waals surface area contributed by atoms with Gasteiger partial charge in [0.05, 0.1) is 6.54 Å². The van der Waals surface area contributed by atoms with Gasteiger partial charge in [0.25, 0.3) is 5.82 Å². The van der Waals surface area contributed by atoms with E-state index < -0.39 is 12.0 Å². The van der Waals surface area contributed by atoms with Crippen LogP contribution in [0.3, 0.4) is 0 Å². The minimum atomic E-state index is -4.62. The Morgan fingerprint density at radius 3 is 2.65 bits per heavy atom. The lowest BCUT2D eigenvalue weighted by Gasteiger charge is -2.11. The first-order valence-corrected chi connectivity index (χ1v) is 6.78. The van der Waals surface area contributed by atoms with Crippen LogP contribution in [0.25, 0.3) is 5.65 Å². The Bertz CT molecular complexity index is 819. The summed E-state index contributed by atoms with van der Waals surface area (Å²) in [6, 6.07) is 3.11. The highest BCUT2D eigenvalue weighted by atomic mass is 19.4. The normalized spacial score (nSPS) is 12.3. The summed E-state index contributed by atoms with van der Waals surface area (Å²) >= 11 is 0. The number of fused-ring (bicyclic) bond motifs is 1. The molecule has 23 heavy (non-hydrogen) atoms. The molecule has 1 N–H and O–H groups in total. The number of nitrogens with zero attached hydrogens (tertiary/aromatic N) is 7. The molecule has 0 spiro atoms. The van der Waals surface area contributed by atoms with Crippen molar-refractivity contribution in [1.29, 1.82) is 0 Å². The van der Waals surface area contributed by atoms with Gasteiger partial charge in [-0.15, -0.1) is 25.5 Å². The maximum atomic E-state index is 12.8. The summed E-state index contributed by atoms with van der Waals surface area (Å²) in [5.74, 6) is -0.260. The smallest absolute Gasteiger partial charge is 0.361 e. The Balaban J connectivity index is 1.85. The third kappa shape index (κ3) is 2.94. The van der Waals surface area contributed by atoms with E-state index in [1.54, 1.807) is 6.33 Å². The first-order chi connectivity index (χ1) is 10.9. The number of anilines is 1. The summed E-state index contributed by atoms with van der Waals surface area (Å²) in [6.07, 6.45) is -3.03. The summed E-state index contributed by atoms with van der Waals surface area (Å²) in [4.78, 5) is 0. The molecule has 3 aromatic rings. The molecule has 0 aliphatic heterocycles. The fourth-order valence-corrected chi connectivity index (χ4v) is 2.05. The molecule has 0 atom stereocenters. The summed E-state index contributed by atoms with van der Waals surface area (Å²) in [7, 11) is 0. The monoisotopic (exact) mass is 326 g/mol. The number of rotatable bonds is 4. The zero-order chi connectivity index (χ0) is 16.6. The van der Waals surface area contributed by atoms with E-state index in [1.165, 1.54) is 12.1 Å². The minimum Gasteiger partial charge on any atom is -0.361 e. The molecular weight excluding hydrogens is 313 g/mol. The zero-order valence-corrected chi connectivity index (χ0v) is 12.3. The molecule has 8 nitrogen and oxygen atoms in total. The van der Waals surface area contributed by atoms with Crippen LogP contribution in [0, 0.1) is 0 Å². The molecule has 0 aliphatic carbocycles. The van der Waals surface area contributed by atoms with Crippen LogP contribution in [-0.4, -0.2) is 34.6 Å². The van der Waals surface area contributed by atoms with Gasteiger partial charge in [0, 0.05) is 6.04 Å². The Kier molecular flexibility index (Phi) is 3.62. The van der Waals surface area contributed by atoms with Crippen molar-refractivity contribution >= 4 is 11.5 Å². The quantitative estimate of drug-likeness (QED) is 0.788. The van der Waals surface area contributed by atoms with Crippen molar-refractivity contribution in [1.82, 2.24) is 34.6 Å². The first kappa shape index (κ1) is 15.2. The predicted molar refractivity (Wildman–Crippen MR) is 73.5 cm³/mol. The van der Waals surface area contributed by atoms with Gasteiger partial charge in [-0.1, -0.05) is 0 Å². The van der Waals surface area contributed by atoms with E-state index in [2.05, 4.69) is 30.8 Å². The second-order valence-electron chi connectivity index (χ2n) is 5.11. The van der Waals surface area contributed by atoms with Gasteiger partial charge in [-0.25, -0.2) is 0 Å². The molecule has 0 unspecified atom stereocenters. The van der Waals surface area contributed by atoms with E-state index in [0.717, 1.165) is 0 Å². The maximum Gasteiger partial charge on any atom is 0.453 e. The Morgan fingerprint density at radius 2 is 1.96 bits per heavy atom. The van der Waals surface area contributed by atoms with Crippen molar-refractivity contribution in [2.45, 2.75) is 32.6 Å². The number of hydrogen-bond donors (Lipinski definition) is 1. The Hall–Kier alpha value is -2.72. The SMILES string of the molecule is CC(C)n1cnnc1CNc1ccc2nnc(C(F)(F)F)n2n1. The topological polar surface area (TPSA) is 85.8 Å². The number of halogens is 3. The average Bonchev–Trinajstić information content (AvgIpc) is 3.10. The second kappa shape index (κ2) is 5.48. The van der Waals surface area contributed by atoms with Gasteiger partial charge in [-0.2, -0.15) is 17.7 Å². The van der Waals surface area contributed by atoms with E-state index in [1.807, 2.05) is 18.4 Å². The van der Waals surface area contributed by atoms with Crippen molar-refractivity contribution in [2.75, 3.05) is 5.32 Å². The zero-order valence-electron chi connectivity index (χ0n) is 12.3. The lowest BCUT2D eigenvalue weighted by atomic mass is 10.4. The highest BCUT2D eigenvalue weighted by molar-refractivity contribution is 5.44. The van der Waals surface area contributed by atoms with Crippen LogP contribution in [0.2, 0.25) is 0 Å². The molecule has 122 valence electrons. The molecule has 0 fully saturated rings. The van der Waals surface area contributed by atoms with E-state index in [9.17, 15) is 13.2 Å². The van der Waals surface area contributed by atoms with Crippen LogP contribution >= 0.6 is 0 Å². The first-order valence-electron chi connectivity index (χ1n) is 6.78. The van der Waals surface area contributed by atoms with Crippen LogP contribution in [-0.2, 0) is 12.7 Å². The molecule has 0 aliphatic rings. The second-order valence-corrected chi connectivity index (χ2v) is 5.11. The third-order valence-electron chi connectivity index (χ3n) is 3.15. The fraction of sp³-hybridized carbons (Fsp3) is 0.417. The van der Waals surface area contributed by atoms with Gasteiger partial charge in [0.2, 0.25) is 0 Å². The van der Waals surface area contributed by atoms with E-state index in [-0.39, 0.29) is 24.1 Å². The largest absolute Gasteiger partial charge is 0.453 e. The molecule has 0 amide bonds. The van der Waals surface area contributed by atoms with Crippen molar-refractivity contribution in [3.05, 3.63) is 30.1 Å². The molecule has 0 bridgehead atoms. The lowest BCUT2D eigenvalue weighted by molar-refractivity contribution is -0.146. The van der Waals surface area contributed by atoms with E-state index in [0.29, 0.717) is 10.3 Å². The number of aromatic nitrogens is 7. The van der Waals surface area contributed by atoms with Gasteiger partial charge in [-0.3, -0.25) is 0 Å². The van der Waals surface area contributed by atoms with Gasteiger partial charge < -0.3 is 9.88 Å². The van der Waals surface area contributed by atoms with E-state index >= 15 is 0 Å². The highest BCUT2D eigenvalue weighted by Crippen LogP contribution is 2.27. The van der Waals surface area contributed by atoms with Gasteiger partial charge in [-0.05, 0) is 26.0 Å². The van der Waals surface area contributed by atoms with Crippen LogP contribution in [0.4, 0.5) is 19.0 Å². The molecule has 0 radical (unpaired) electrons. The van der Waals surface area contributed by atoms with Gasteiger partial charge in [0.15, 0.2) is 11.5 Å². The average molecular weight is 326 g/mol. The Labute approximate surface area is 128 Å². The predicted octanol–water partition coefficient (Wildman–Crippen LogP) is 1.93.